The maximum atomic E-state index is 6.29. The third-order valence-electron chi connectivity index (χ3n) is 3.66. The minimum atomic E-state index is 0.619. The number of nitrogens with one attached hydrogen (secondary N) is 1. The van der Waals surface area contributed by atoms with Crippen LogP contribution in [0.2, 0.25) is 5.02 Å². The lowest BCUT2D eigenvalue weighted by atomic mass is 10.1. The van der Waals surface area contributed by atoms with Gasteiger partial charge in [-0.25, -0.2) is 0 Å². The summed E-state index contributed by atoms with van der Waals surface area (Å²) in [5.41, 5.74) is 2.22. The van der Waals surface area contributed by atoms with E-state index >= 15 is 0 Å². The Morgan fingerprint density at radius 2 is 1.78 bits per heavy atom. The Hall–Kier alpha value is -0.890. The van der Waals surface area contributed by atoms with E-state index < -0.39 is 0 Å². The molecule has 0 saturated heterocycles. The summed E-state index contributed by atoms with van der Waals surface area (Å²) in [5, 5.41) is 4.44. The Morgan fingerprint density at radius 1 is 1.11 bits per heavy atom. The molecule has 1 saturated carbocycles. The van der Waals surface area contributed by atoms with Crippen molar-refractivity contribution in [3.8, 4) is 0 Å². The fourth-order valence-electron chi connectivity index (χ4n) is 2.62. The second-order valence-electron chi connectivity index (χ2n) is 5.39. The highest BCUT2D eigenvalue weighted by atomic mass is 35.5. The summed E-state index contributed by atoms with van der Waals surface area (Å²) in [6, 6.07) is 6.88. The van der Waals surface area contributed by atoms with Crippen molar-refractivity contribution >= 4 is 23.0 Å². The van der Waals surface area contributed by atoms with Crippen molar-refractivity contribution in [3.05, 3.63) is 23.2 Å². The van der Waals surface area contributed by atoms with Crippen LogP contribution in [-0.4, -0.2) is 20.1 Å². The lowest BCUT2D eigenvalue weighted by Crippen LogP contribution is -2.18. The highest BCUT2D eigenvalue weighted by Gasteiger charge is 2.12. The zero-order chi connectivity index (χ0) is 13.0. The molecule has 3 heteroatoms. The molecule has 0 bridgehead atoms. The maximum Gasteiger partial charge on any atom is 0.0659 e. The van der Waals surface area contributed by atoms with Gasteiger partial charge in [0.2, 0.25) is 0 Å². The normalized spacial score (nSPS) is 17.3. The van der Waals surface area contributed by atoms with Crippen LogP contribution < -0.4 is 10.2 Å². The molecule has 1 aliphatic carbocycles. The van der Waals surface area contributed by atoms with Crippen LogP contribution in [0.3, 0.4) is 0 Å². The van der Waals surface area contributed by atoms with Crippen LogP contribution in [-0.2, 0) is 0 Å². The van der Waals surface area contributed by atoms with Gasteiger partial charge in [-0.3, -0.25) is 0 Å². The molecule has 2 rings (SSSR count). The first-order valence-electron chi connectivity index (χ1n) is 6.90. The first kappa shape index (κ1) is 13.5. The largest absolute Gasteiger partial charge is 0.382 e. The molecule has 0 radical (unpaired) electrons. The molecule has 0 heterocycles. The summed E-state index contributed by atoms with van der Waals surface area (Å²) in [5.74, 6) is 0. The van der Waals surface area contributed by atoms with Crippen LogP contribution in [0.25, 0.3) is 0 Å². The smallest absolute Gasteiger partial charge is 0.0659 e. The van der Waals surface area contributed by atoms with Gasteiger partial charge in [-0.1, -0.05) is 37.3 Å². The molecular formula is C15H23ClN2. The molecular weight excluding hydrogens is 244 g/mol. The minimum absolute atomic E-state index is 0.619. The monoisotopic (exact) mass is 266 g/mol. The number of hydrogen-bond acceptors (Lipinski definition) is 2. The Bertz CT molecular complexity index is 382. The van der Waals surface area contributed by atoms with Gasteiger partial charge in [0.15, 0.2) is 0 Å². The Balaban J connectivity index is 2.02. The maximum absolute atomic E-state index is 6.29. The predicted octanol–water partition coefficient (Wildman–Crippen LogP) is 4.54. The Morgan fingerprint density at radius 3 is 2.33 bits per heavy atom. The number of hydrogen-bond donors (Lipinski definition) is 1. The summed E-state index contributed by atoms with van der Waals surface area (Å²) >= 11 is 6.29. The lowest BCUT2D eigenvalue weighted by molar-refractivity contribution is 0.620. The van der Waals surface area contributed by atoms with Crippen molar-refractivity contribution in [2.75, 3.05) is 24.3 Å². The molecule has 0 spiro atoms. The summed E-state index contributed by atoms with van der Waals surface area (Å²) in [6.45, 7) is 0. The summed E-state index contributed by atoms with van der Waals surface area (Å²) in [6.07, 6.45) is 8.04. The molecule has 0 atom stereocenters. The van der Waals surface area contributed by atoms with Gasteiger partial charge < -0.3 is 10.2 Å². The van der Waals surface area contributed by atoms with E-state index in [1.54, 1.807) is 0 Å². The van der Waals surface area contributed by atoms with Gasteiger partial charge in [-0.05, 0) is 31.0 Å². The van der Waals surface area contributed by atoms with Gasteiger partial charge in [0.1, 0.15) is 0 Å². The summed E-state index contributed by atoms with van der Waals surface area (Å²) in [7, 11) is 4.03. The summed E-state index contributed by atoms with van der Waals surface area (Å²) < 4.78 is 0. The standard InChI is InChI=1S/C15H23ClN2/c1-18(2)15-10-9-13(11-14(15)16)17-12-7-5-3-4-6-8-12/h9-12,17H,3-8H2,1-2H3. The number of benzene rings is 1. The van der Waals surface area contributed by atoms with Crippen LogP contribution in [0.4, 0.5) is 11.4 Å². The molecule has 1 aliphatic rings. The topological polar surface area (TPSA) is 15.3 Å². The SMILES string of the molecule is CN(C)c1ccc(NC2CCCCCC2)cc1Cl. The van der Waals surface area contributed by atoms with Gasteiger partial charge in [0.05, 0.1) is 10.7 Å². The molecule has 1 aromatic rings. The molecule has 0 unspecified atom stereocenters. The number of nitrogens with zero attached hydrogens (tertiary/aromatic N) is 1. The Kier molecular flexibility index (Phi) is 4.76. The first-order valence-corrected chi connectivity index (χ1v) is 7.28. The molecule has 0 amide bonds. The van der Waals surface area contributed by atoms with E-state index in [-0.39, 0.29) is 0 Å². The van der Waals surface area contributed by atoms with Gasteiger partial charge in [0.25, 0.3) is 0 Å². The van der Waals surface area contributed by atoms with Gasteiger partial charge in [0, 0.05) is 25.8 Å². The molecule has 18 heavy (non-hydrogen) atoms. The highest BCUT2D eigenvalue weighted by Crippen LogP contribution is 2.29. The van der Waals surface area contributed by atoms with E-state index in [9.17, 15) is 0 Å². The third kappa shape index (κ3) is 3.55. The second kappa shape index (κ2) is 6.33. The first-order chi connectivity index (χ1) is 8.66. The number of halogens is 1. The molecule has 0 aliphatic heterocycles. The van der Waals surface area contributed by atoms with Crippen molar-refractivity contribution in [2.24, 2.45) is 0 Å². The third-order valence-corrected chi connectivity index (χ3v) is 3.96. The highest BCUT2D eigenvalue weighted by molar-refractivity contribution is 6.33. The van der Waals surface area contributed by atoms with Crippen LogP contribution in [0.1, 0.15) is 38.5 Å². The van der Waals surface area contributed by atoms with E-state index in [1.165, 1.54) is 38.5 Å². The van der Waals surface area contributed by atoms with E-state index in [0.717, 1.165) is 16.4 Å². The lowest BCUT2D eigenvalue weighted by Gasteiger charge is -2.20. The molecule has 0 aromatic heterocycles. The van der Waals surface area contributed by atoms with E-state index in [2.05, 4.69) is 17.4 Å². The van der Waals surface area contributed by atoms with Gasteiger partial charge in [-0.15, -0.1) is 0 Å². The van der Waals surface area contributed by atoms with Gasteiger partial charge >= 0.3 is 0 Å². The average Bonchev–Trinajstić information content (AvgIpc) is 2.57. The van der Waals surface area contributed by atoms with E-state index in [0.29, 0.717) is 6.04 Å². The minimum Gasteiger partial charge on any atom is -0.382 e. The quantitative estimate of drug-likeness (QED) is 0.808. The number of rotatable bonds is 3. The van der Waals surface area contributed by atoms with Crippen molar-refractivity contribution in [1.82, 2.24) is 0 Å². The van der Waals surface area contributed by atoms with Crippen LogP contribution in [0, 0.1) is 0 Å². The van der Waals surface area contributed by atoms with Crippen LogP contribution >= 0.6 is 11.6 Å². The Labute approximate surface area is 115 Å². The fourth-order valence-corrected chi connectivity index (χ4v) is 2.97. The van der Waals surface area contributed by atoms with Crippen LogP contribution in [0.15, 0.2) is 18.2 Å². The van der Waals surface area contributed by atoms with E-state index in [1.807, 2.05) is 25.1 Å². The second-order valence-corrected chi connectivity index (χ2v) is 5.80. The van der Waals surface area contributed by atoms with Crippen molar-refractivity contribution in [3.63, 3.8) is 0 Å². The zero-order valence-corrected chi connectivity index (χ0v) is 12.1. The van der Waals surface area contributed by atoms with Crippen molar-refractivity contribution < 1.29 is 0 Å². The molecule has 1 N–H and O–H groups in total. The molecule has 1 aromatic carbocycles. The summed E-state index contributed by atoms with van der Waals surface area (Å²) in [4.78, 5) is 2.04. The molecule has 2 nitrogen and oxygen atoms in total. The van der Waals surface area contributed by atoms with Gasteiger partial charge in [-0.2, -0.15) is 0 Å². The molecule has 1 fully saturated rings. The van der Waals surface area contributed by atoms with Crippen LogP contribution in [0.5, 0.6) is 0 Å². The fraction of sp³-hybridized carbons (Fsp3) is 0.600. The zero-order valence-electron chi connectivity index (χ0n) is 11.4. The molecule has 100 valence electrons. The van der Waals surface area contributed by atoms with Crippen molar-refractivity contribution in [2.45, 2.75) is 44.6 Å². The number of anilines is 2. The average molecular weight is 267 g/mol. The van der Waals surface area contributed by atoms with Crippen molar-refractivity contribution in [1.29, 1.82) is 0 Å². The predicted molar refractivity (Wildman–Crippen MR) is 80.9 cm³/mol. The van der Waals surface area contributed by atoms with E-state index in [4.69, 9.17) is 11.6 Å².